The van der Waals surface area contributed by atoms with E-state index >= 15 is 0 Å². The molecule has 0 saturated heterocycles. The van der Waals surface area contributed by atoms with Crippen molar-refractivity contribution >= 4 is 16.9 Å². The van der Waals surface area contributed by atoms with Crippen molar-refractivity contribution in [2.45, 2.75) is 63.7 Å². The van der Waals surface area contributed by atoms with Gasteiger partial charge in [-0.05, 0) is 24.7 Å². The van der Waals surface area contributed by atoms with E-state index in [1.54, 1.807) is 0 Å². The van der Waals surface area contributed by atoms with E-state index in [0.717, 1.165) is 25.7 Å². The molecule has 3 atom stereocenters. The number of rotatable bonds is 6. The largest absolute Gasteiger partial charge is 0.320 e. The Morgan fingerprint density at radius 2 is 1.89 bits per heavy atom. The van der Waals surface area contributed by atoms with Gasteiger partial charge in [-0.25, -0.2) is 4.21 Å². The minimum absolute atomic E-state index is 0.0806. The van der Waals surface area contributed by atoms with Crippen molar-refractivity contribution in [1.29, 1.82) is 0 Å². The van der Waals surface area contributed by atoms with Crippen molar-refractivity contribution in [3.63, 3.8) is 0 Å². The van der Waals surface area contributed by atoms with Crippen LogP contribution in [-0.2, 0) is 15.9 Å². The molecule has 0 radical (unpaired) electrons. The Hall–Kier alpha value is -0.260. The lowest BCUT2D eigenvalue weighted by Crippen LogP contribution is -2.48. The standard InChI is InChI=1S/C13H25NO3S/c1-9(2)8-11(15)12(14)13(18(16)17)10-6-4-3-5-7-10/h9-10,12-13H,3-8,14H2,1-2H3,(H,16,17). The fourth-order valence-electron chi connectivity index (χ4n) is 2.77. The zero-order chi connectivity index (χ0) is 13.7. The van der Waals surface area contributed by atoms with Gasteiger partial charge in [0.15, 0.2) is 16.9 Å². The fraction of sp³-hybridized carbons (Fsp3) is 0.923. The van der Waals surface area contributed by atoms with E-state index in [1.165, 1.54) is 6.42 Å². The summed E-state index contributed by atoms with van der Waals surface area (Å²) in [6, 6.07) is -0.790. The molecule has 1 aliphatic carbocycles. The highest BCUT2D eigenvalue weighted by Crippen LogP contribution is 2.30. The highest BCUT2D eigenvalue weighted by Gasteiger charge is 2.36. The summed E-state index contributed by atoms with van der Waals surface area (Å²) in [6.45, 7) is 3.91. The number of hydrogen-bond acceptors (Lipinski definition) is 3. The highest BCUT2D eigenvalue weighted by atomic mass is 32.2. The third kappa shape index (κ3) is 4.44. The number of carbonyl (C=O) groups is 1. The zero-order valence-electron chi connectivity index (χ0n) is 11.3. The van der Waals surface area contributed by atoms with Crippen LogP contribution in [0.2, 0.25) is 0 Å². The minimum Gasteiger partial charge on any atom is -0.320 e. The molecule has 5 heteroatoms. The molecule has 0 aliphatic heterocycles. The molecular formula is C13H25NO3S. The summed E-state index contributed by atoms with van der Waals surface area (Å²) in [5, 5.41) is -0.587. The molecule has 18 heavy (non-hydrogen) atoms. The van der Waals surface area contributed by atoms with Crippen molar-refractivity contribution in [1.82, 2.24) is 0 Å². The van der Waals surface area contributed by atoms with Gasteiger partial charge in [-0.2, -0.15) is 0 Å². The summed E-state index contributed by atoms with van der Waals surface area (Å²) in [5.74, 6) is 0.279. The Morgan fingerprint density at radius 3 is 2.33 bits per heavy atom. The molecule has 106 valence electrons. The Bertz CT molecular complexity index is 301. The highest BCUT2D eigenvalue weighted by molar-refractivity contribution is 7.80. The smallest absolute Gasteiger partial charge is 0.158 e. The summed E-state index contributed by atoms with van der Waals surface area (Å²) in [7, 11) is 0. The van der Waals surface area contributed by atoms with Gasteiger partial charge in [0.2, 0.25) is 0 Å². The van der Waals surface area contributed by atoms with Crippen molar-refractivity contribution in [3.05, 3.63) is 0 Å². The number of carbonyl (C=O) groups excluding carboxylic acids is 1. The summed E-state index contributed by atoms with van der Waals surface area (Å²) in [4.78, 5) is 12.0. The number of Topliss-reactive ketones (excluding diaryl/α,β-unsaturated/α-hetero) is 1. The summed E-state index contributed by atoms with van der Waals surface area (Å²) >= 11 is -2.01. The quantitative estimate of drug-likeness (QED) is 0.727. The third-order valence-corrected chi connectivity index (χ3v) is 4.83. The monoisotopic (exact) mass is 275 g/mol. The molecule has 0 aromatic rings. The van der Waals surface area contributed by atoms with Crippen LogP contribution in [0.4, 0.5) is 0 Å². The van der Waals surface area contributed by atoms with Crippen molar-refractivity contribution in [2.75, 3.05) is 0 Å². The lowest BCUT2D eigenvalue weighted by Gasteiger charge is -2.31. The normalized spacial score (nSPS) is 22.7. The first-order valence-corrected chi connectivity index (χ1v) is 7.98. The molecule has 1 aliphatic rings. The lowest BCUT2D eigenvalue weighted by atomic mass is 9.83. The van der Waals surface area contributed by atoms with Gasteiger partial charge in [-0.15, -0.1) is 0 Å². The van der Waals surface area contributed by atoms with Gasteiger partial charge in [0, 0.05) is 6.42 Å². The second-order valence-electron chi connectivity index (χ2n) is 5.73. The Labute approximate surface area is 112 Å². The fourth-order valence-corrected chi connectivity index (χ4v) is 3.77. The van der Waals surface area contributed by atoms with E-state index in [9.17, 15) is 13.6 Å². The van der Waals surface area contributed by atoms with Crippen LogP contribution in [0.15, 0.2) is 0 Å². The first kappa shape index (κ1) is 15.8. The summed E-state index contributed by atoms with van der Waals surface area (Å²) in [5.41, 5.74) is 5.94. The molecule has 0 spiro atoms. The average molecular weight is 275 g/mol. The van der Waals surface area contributed by atoms with E-state index in [1.807, 2.05) is 13.8 Å². The van der Waals surface area contributed by atoms with Gasteiger partial charge >= 0.3 is 0 Å². The van der Waals surface area contributed by atoms with Crippen LogP contribution in [-0.4, -0.2) is 25.8 Å². The summed E-state index contributed by atoms with van der Waals surface area (Å²) < 4.78 is 21.0. The van der Waals surface area contributed by atoms with E-state index in [2.05, 4.69) is 0 Å². The van der Waals surface area contributed by atoms with E-state index in [0.29, 0.717) is 6.42 Å². The van der Waals surface area contributed by atoms with Gasteiger partial charge in [-0.3, -0.25) is 4.79 Å². The van der Waals surface area contributed by atoms with Gasteiger partial charge in [0.25, 0.3) is 0 Å². The van der Waals surface area contributed by atoms with E-state index < -0.39 is 22.4 Å². The van der Waals surface area contributed by atoms with Crippen LogP contribution in [0.5, 0.6) is 0 Å². The Kier molecular flexibility index (Phi) is 6.46. The molecule has 3 N–H and O–H groups in total. The van der Waals surface area contributed by atoms with E-state index in [4.69, 9.17) is 5.73 Å². The number of hydrogen-bond donors (Lipinski definition) is 2. The molecule has 0 heterocycles. The molecule has 0 aromatic carbocycles. The predicted octanol–water partition coefficient (Wildman–Crippen LogP) is 2.10. The van der Waals surface area contributed by atoms with Crippen LogP contribution in [0.1, 0.15) is 52.4 Å². The van der Waals surface area contributed by atoms with Gasteiger partial charge in [0.1, 0.15) is 0 Å². The Balaban J connectivity index is 2.71. The third-order valence-electron chi connectivity index (χ3n) is 3.68. The number of nitrogens with two attached hydrogens (primary N) is 1. The topological polar surface area (TPSA) is 80.4 Å². The summed E-state index contributed by atoms with van der Waals surface area (Å²) in [6.07, 6.45) is 5.55. The van der Waals surface area contributed by atoms with Crippen molar-refractivity contribution in [2.24, 2.45) is 17.6 Å². The van der Waals surface area contributed by atoms with Crippen LogP contribution >= 0.6 is 0 Å². The number of ketones is 1. The molecule has 0 amide bonds. The molecule has 0 bridgehead atoms. The average Bonchev–Trinajstić information content (AvgIpc) is 2.29. The van der Waals surface area contributed by atoms with Crippen LogP contribution in [0.3, 0.4) is 0 Å². The molecule has 1 rings (SSSR count). The van der Waals surface area contributed by atoms with Gasteiger partial charge < -0.3 is 10.3 Å². The van der Waals surface area contributed by atoms with Crippen LogP contribution in [0, 0.1) is 11.8 Å². The molecule has 1 fully saturated rings. The zero-order valence-corrected chi connectivity index (χ0v) is 12.1. The Morgan fingerprint density at radius 1 is 1.33 bits per heavy atom. The molecular weight excluding hydrogens is 250 g/mol. The van der Waals surface area contributed by atoms with Gasteiger partial charge in [-0.1, -0.05) is 33.1 Å². The molecule has 4 nitrogen and oxygen atoms in total. The SMILES string of the molecule is CC(C)CC(=O)C(N)C(C1CCCCC1)S(=O)O. The second kappa shape index (κ2) is 7.36. The first-order valence-electron chi connectivity index (χ1n) is 6.81. The van der Waals surface area contributed by atoms with Crippen molar-refractivity contribution < 1.29 is 13.6 Å². The second-order valence-corrected chi connectivity index (χ2v) is 6.83. The van der Waals surface area contributed by atoms with Crippen LogP contribution in [0.25, 0.3) is 0 Å². The minimum atomic E-state index is -2.01. The molecule has 0 aromatic heterocycles. The first-order chi connectivity index (χ1) is 8.43. The van der Waals surface area contributed by atoms with Crippen LogP contribution < -0.4 is 5.73 Å². The predicted molar refractivity (Wildman–Crippen MR) is 73.6 cm³/mol. The maximum Gasteiger partial charge on any atom is 0.158 e. The van der Waals surface area contributed by atoms with Gasteiger partial charge in [0.05, 0.1) is 11.3 Å². The lowest BCUT2D eigenvalue weighted by molar-refractivity contribution is -0.121. The maximum atomic E-state index is 12.0. The maximum absolute atomic E-state index is 12.0. The van der Waals surface area contributed by atoms with Crippen molar-refractivity contribution in [3.8, 4) is 0 Å². The van der Waals surface area contributed by atoms with E-state index in [-0.39, 0.29) is 17.6 Å². The molecule has 1 saturated carbocycles. The molecule has 3 unspecified atom stereocenters.